The Balaban J connectivity index is 0.00000272. The molecule has 0 amide bonds. The predicted molar refractivity (Wildman–Crippen MR) is 112 cm³/mol. The van der Waals surface area contributed by atoms with E-state index in [4.69, 9.17) is 31.1 Å². The minimum atomic E-state index is -3.57. The molecular formula is C18H22ClFN5O5P. The lowest BCUT2D eigenvalue weighted by Gasteiger charge is -2.30. The van der Waals surface area contributed by atoms with Crippen LogP contribution in [0.25, 0.3) is 11.2 Å². The average molecular weight is 474 g/mol. The van der Waals surface area contributed by atoms with Gasteiger partial charge >= 0.3 is 7.60 Å². The fraction of sp³-hybridized carbons (Fsp3) is 0.389. The van der Waals surface area contributed by atoms with Crippen LogP contribution in [0.3, 0.4) is 0 Å². The summed E-state index contributed by atoms with van der Waals surface area (Å²) in [6.07, 6.45) is 1.95. The highest BCUT2D eigenvalue weighted by atomic mass is 35.5. The first kappa shape index (κ1) is 23.5. The van der Waals surface area contributed by atoms with E-state index in [0.29, 0.717) is 35.0 Å². The Labute approximate surface area is 182 Å². The highest BCUT2D eigenvalue weighted by molar-refractivity contribution is 7.53. The summed E-state index contributed by atoms with van der Waals surface area (Å²) in [4.78, 5) is 12.3. The van der Waals surface area contributed by atoms with Gasteiger partial charge in [-0.05, 0) is 25.1 Å². The second-order valence-electron chi connectivity index (χ2n) is 6.93. The van der Waals surface area contributed by atoms with Crippen molar-refractivity contribution >= 4 is 36.2 Å². The van der Waals surface area contributed by atoms with Gasteiger partial charge in [-0.2, -0.15) is 0 Å². The molecule has 0 radical (unpaired) electrons. The van der Waals surface area contributed by atoms with Crippen molar-refractivity contribution in [1.82, 2.24) is 19.5 Å². The van der Waals surface area contributed by atoms with Crippen LogP contribution >= 0.6 is 19.2 Å². The number of fused-ring (bicyclic) bond motifs is 1. The van der Waals surface area contributed by atoms with Crippen LogP contribution in [0.2, 0.25) is 5.02 Å². The maximum absolute atomic E-state index is 14.2. The number of hydrogen-bond acceptors (Lipinski definition) is 8. The Morgan fingerprint density at radius 2 is 2.23 bits per heavy atom. The van der Waals surface area contributed by atoms with E-state index >= 15 is 0 Å². The zero-order chi connectivity index (χ0) is 21.3. The van der Waals surface area contributed by atoms with E-state index in [1.807, 2.05) is 0 Å². The molecule has 4 rings (SSSR count). The summed E-state index contributed by atoms with van der Waals surface area (Å²) in [7, 11) is -3.57. The van der Waals surface area contributed by atoms with Crippen LogP contribution in [0.1, 0.15) is 25.0 Å². The SMILES string of the molecule is C[C@H](Cn1cnc2c(N)ncnc21)OC[P@@]1(=O)OCC[C@@H](c2cc(Cl)ccc2F)O1.O. The lowest BCUT2D eigenvalue weighted by atomic mass is 10.1. The number of aromatic nitrogens is 4. The van der Waals surface area contributed by atoms with Gasteiger partial charge in [-0.3, -0.25) is 9.09 Å². The summed E-state index contributed by atoms with van der Waals surface area (Å²) >= 11 is 5.96. The zero-order valence-corrected chi connectivity index (χ0v) is 18.2. The number of benzene rings is 1. The molecule has 13 heteroatoms. The molecule has 1 aromatic carbocycles. The summed E-state index contributed by atoms with van der Waals surface area (Å²) in [5, 5.41) is 0.373. The van der Waals surface area contributed by atoms with Gasteiger partial charge < -0.3 is 25.0 Å². The van der Waals surface area contributed by atoms with Gasteiger partial charge in [0.05, 0.1) is 31.7 Å². The number of nitrogen functional groups attached to an aromatic ring is 1. The maximum atomic E-state index is 14.2. The highest BCUT2D eigenvalue weighted by Crippen LogP contribution is 2.56. The van der Waals surface area contributed by atoms with Crippen LogP contribution < -0.4 is 5.73 Å². The first-order chi connectivity index (χ1) is 14.3. The minimum absolute atomic E-state index is 0. The molecule has 3 heterocycles. The van der Waals surface area contributed by atoms with Crippen molar-refractivity contribution in [3.63, 3.8) is 0 Å². The quantitative estimate of drug-likeness (QED) is 0.537. The smallest absolute Gasteiger partial charge is 0.356 e. The van der Waals surface area contributed by atoms with Crippen molar-refractivity contribution in [3.05, 3.63) is 47.3 Å². The average Bonchev–Trinajstić information content (AvgIpc) is 3.12. The largest absolute Gasteiger partial charge is 0.412 e. The molecule has 3 atom stereocenters. The molecule has 3 aromatic rings. The number of imidazole rings is 1. The fourth-order valence-corrected chi connectivity index (χ4v) is 5.00. The Morgan fingerprint density at radius 3 is 3.03 bits per heavy atom. The Hall–Kier alpha value is -2.14. The van der Waals surface area contributed by atoms with Crippen molar-refractivity contribution in [2.24, 2.45) is 0 Å². The van der Waals surface area contributed by atoms with E-state index in [0.717, 1.165) is 0 Å². The molecule has 0 saturated carbocycles. The lowest BCUT2D eigenvalue weighted by Crippen LogP contribution is -2.21. The standard InChI is InChI=1S/C18H20ClFN5O4P.H2O/c1-11(7-25-9-24-16-17(21)22-8-23-18(16)25)27-10-30(26)28-5-4-15(29-30)13-6-12(19)2-3-14(13)20;/h2-3,6,8-9,11,15H,4-5,7,10H2,1H3,(H2,21,22,23);1H2/t11-,15+,30-;/m1./s1. The van der Waals surface area contributed by atoms with Crippen molar-refractivity contribution in [2.45, 2.75) is 32.1 Å². The van der Waals surface area contributed by atoms with Crippen molar-refractivity contribution in [2.75, 3.05) is 18.7 Å². The molecule has 1 aliphatic rings. The van der Waals surface area contributed by atoms with Gasteiger partial charge in [0, 0.05) is 17.0 Å². The first-order valence-electron chi connectivity index (χ1n) is 9.24. The van der Waals surface area contributed by atoms with Crippen LogP contribution in [-0.4, -0.2) is 44.1 Å². The van der Waals surface area contributed by atoms with E-state index in [-0.39, 0.29) is 30.1 Å². The third kappa shape index (κ3) is 5.20. The summed E-state index contributed by atoms with van der Waals surface area (Å²) in [6, 6.07) is 4.17. The van der Waals surface area contributed by atoms with Gasteiger partial charge in [0.2, 0.25) is 0 Å². The molecule has 168 valence electrons. The second kappa shape index (κ2) is 9.56. The molecule has 4 N–H and O–H groups in total. The number of nitrogens with two attached hydrogens (primary N) is 1. The molecule has 0 aliphatic carbocycles. The molecule has 0 spiro atoms. The third-order valence-corrected chi connectivity index (χ3v) is 6.51. The molecule has 1 fully saturated rings. The number of nitrogens with zero attached hydrogens (tertiary/aromatic N) is 4. The van der Waals surface area contributed by atoms with Gasteiger partial charge in [-0.15, -0.1) is 0 Å². The Morgan fingerprint density at radius 1 is 1.42 bits per heavy atom. The van der Waals surface area contributed by atoms with Crippen molar-refractivity contribution in [1.29, 1.82) is 0 Å². The maximum Gasteiger partial charge on any atom is 0.356 e. The molecule has 10 nitrogen and oxygen atoms in total. The van der Waals surface area contributed by atoms with E-state index in [1.54, 1.807) is 17.8 Å². The third-order valence-electron chi connectivity index (χ3n) is 4.66. The number of rotatable bonds is 6. The van der Waals surface area contributed by atoms with Crippen LogP contribution in [0.5, 0.6) is 0 Å². The second-order valence-corrected chi connectivity index (χ2v) is 9.31. The molecular weight excluding hydrogens is 452 g/mol. The number of ether oxygens (including phenoxy) is 1. The molecule has 31 heavy (non-hydrogen) atoms. The van der Waals surface area contributed by atoms with Crippen LogP contribution in [0, 0.1) is 5.82 Å². The summed E-state index contributed by atoms with van der Waals surface area (Å²) in [5.41, 5.74) is 7.12. The molecule has 0 bridgehead atoms. The van der Waals surface area contributed by atoms with Crippen LogP contribution in [-0.2, 0) is 24.9 Å². The van der Waals surface area contributed by atoms with E-state index in [2.05, 4.69) is 15.0 Å². The molecule has 2 aromatic heterocycles. The van der Waals surface area contributed by atoms with Crippen molar-refractivity contribution in [3.8, 4) is 0 Å². The molecule has 1 aliphatic heterocycles. The van der Waals surface area contributed by atoms with Gasteiger partial charge in [-0.25, -0.2) is 19.3 Å². The van der Waals surface area contributed by atoms with Gasteiger partial charge in [0.1, 0.15) is 24.0 Å². The summed E-state index contributed by atoms with van der Waals surface area (Å²) < 4.78 is 45.6. The van der Waals surface area contributed by atoms with Crippen LogP contribution in [0.4, 0.5) is 10.2 Å². The zero-order valence-electron chi connectivity index (χ0n) is 16.6. The van der Waals surface area contributed by atoms with E-state index in [1.165, 1.54) is 24.5 Å². The van der Waals surface area contributed by atoms with Gasteiger partial charge in [0.15, 0.2) is 11.5 Å². The van der Waals surface area contributed by atoms with Gasteiger partial charge in [0.25, 0.3) is 0 Å². The van der Waals surface area contributed by atoms with Crippen LogP contribution in [0.15, 0.2) is 30.9 Å². The molecule has 0 unspecified atom stereocenters. The topological polar surface area (TPSA) is 146 Å². The monoisotopic (exact) mass is 473 g/mol. The summed E-state index contributed by atoms with van der Waals surface area (Å²) in [5.74, 6) is -0.180. The Bertz CT molecular complexity index is 1120. The predicted octanol–water partition coefficient (Wildman–Crippen LogP) is 3.11. The number of anilines is 1. The van der Waals surface area contributed by atoms with E-state index in [9.17, 15) is 8.96 Å². The van der Waals surface area contributed by atoms with Crippen molar-refractivity contribution < 1.29 is 28.2 Å². The minimum Gasteiger partial charge on any atom is -0.412 e. The van der Waals surface area contributed by atoms with Gasteiger partial charge in [-0.1, -0.05) is 11.6 Å². The lowest BCUT2D eigenvalue weighted by molar-refractivity contribution is 0.0331. The Kier molecular flexibility index (Phi) is 7.25. The summed E-state index contributed by atoms with van der Waals surface area (Å²) in [6.45, 7) is 2.36. The fourth-order valence-electron chi connectivity index (χ4n) is 3.20. The van der Waals surface area contributed by atoms with E-state index < -0.39 is 19.5 Å². The first-order valence-corrected chi connectivity index (χ1v) is 11.3. The normalized spacial score (nSPS) is 22.2. The number of halogens is 2. The molecule has 1 saturated heterocycles. The number of hydrogen-bond donors (Lipinski definition) is 1. The highest BCUT2D eigenvalue weighted by Gasteiger charge is 2.36.